The lowest BCUT2D eigenvalue weighted by Crippen LogP contribution is -2.53. The molecule has 1 atom stereocenters. The highest BCUT2D eigenvalue weighted by Gasteiger charge is 2.31. The molecule has 1 aromatic carbocycles. The number of halogens is 3. The number of aromatic nitrogens is 2. The van der Waals surface area contributed by atoms with Crippen LogP contribution in [0.25, 0.3) is 0 Å². The first-order chi connectivity index (χ1) is 13.7. The lowest BCUT2D eigenvalue weighted by Gasteiger charge is -2.38. The smallest absolute Gasteiger partial charge is 0.369 e. The first-order valence-electron chi connectivity index (χ1n) is 9.67. The molecule has 3 rings (SSSR count). The molecule has 1 amide bonds. The Bertz CT molecular complexity index is 841. The van der Waals surface area contributed by atoms with Crippen LogP contribution >= 0.6 is 0 Å². The van der Waals surface area contributed by atoms with E-state index in [2.05, 4.69) is 10.4 Å². The van der Waals surface area contributed by atoms with Crippen molar-refractivity contribution in [3.8, 4) is 0 Å². The summed E-state index contributed by atoms with van der Waals surface area (Å²) in [5.41, 5.74) is -0.0932. The lowest BCUT2D eigenvalue weighted by molar-refractivity contribution is -0.137. The van der Waals surface area contributed by atoms with Gasteiger partial charge in [-0.3, -0.25) is 9.69 Å². The van der Waals surface area contributed by atoms with Crippen molar-refractivity contribution < 1.29 is 18.0 Å². The molecule has 1 aromatic heterocycles. The van der Waals surface area contributed by atoms with Gasteiger partial charge in [-0.1, -0.05) is 6.07 Å². The molecule has 0 radical (unpaired) electrons. The average Bonchev–Trinajstić information content (AvgIpc) is 3.15. The monoisotopic (exact) mass is 409 g/mol. The molecule has 1 saturated heterocycles. The van der Waals surface area contributed by atoms with Crippen molar-refractivity contribution >= 4 is 17.4 Å². The molecule has 0 saturated carbocycles. The fourth-order valence-corrected chi connectivity index (χ4v) is 3.47. The van der Waals surface area contributed by atoms with Gasteiger partial charge in [0, 0.05) is 44.0 Å². The van der Waals surface area contributed by atoms with E-state index in [1.807, 2.05) is 30.6 Å². The van der Waals surface area contributed by atoms with Crippen LogP contribution in [-0.4, -0.2) is 52.8 Å². The third-order valence-electron chi connectivity index (χ3n) is 5.19. The fraction of sp³-hybridized carbons (Fsp3) is 0.500. The predicted octanol–water partition coefficient (Wildman–Crippen LogP) is 3.63. The molecular weight excluding hydrogens is 383 g/mol. The Labute approximate surface area is 168 Å². The zero-order valence-corrected chi connectivity index (χ0v) is 16.8. The van der Waals surface area contributed by atoms with Crippen molar-refractivity contribution in [3.63, 3.8) is 0 Å². The highest BCUT2D eigenvalue weighted by molar-refractivity contribution is 5.93. The first kappa shape index (κ1) is 21.2. The molecule has 1 N–H and O–H groups in total. The number of nitrogens with zero attached hydrogens (tertiary/aromatic N) is 4. The maximum atomic E-state index is 12.9. The van der Waals surface area contributed by atoms with E-state index in [1.54, 1.807) is 23.0 Å². The molecule has 0 bridgehead atoms. The van der Waals surface area contributed by atoms with Gasteiger partial charge in [-0.15, -0.1) is 0 Å². The van der Waals surface area contributed by atoms with Crippen LogP contribution in [0.1, 0.15) is 32.4 Å². The Morgan fingerprint density at radius 1 is 1.10 bits per heavy atom. The van der Waals surface area contributed by atoms with Crippen LogP contribution in [0.4, 0.5) is 24.7 Å². The number of alkyl halides is 3. The third kappa shape index (κ3) is 4.90. The van der Waals surface area contributed by atoms with Crippen LogP contribution in [0.3, 0.4) is 0 Å². The van der Waals surface area contributed by atoms with Gasteiger partial charge in [0.2, 0.25) is 5.91 Å². The van der Waals surface area contributed by atoms with Crippen molar-refractivity contribution in [2.24, 2.45) is 0 Å². The van der Waals surface area contributed by atoms with Crippen LogP contribution in [0.2, 0.25) is 0 Å². The van der Waals surface area contributed by atoms with Crippen molar-refractivity contribution in [1.29, 1.82) is 0 Å². The molecule has 158 valence electrons. The van der Waals surface area contributed by atoms with Gasteiger partial charge in [0.15, 0.2) is 0 Å². The number of carbonyl (C=O) groups excluding carboxylic acids is 1. The maximum absolute atomic E-state index is 12.9. The molecule has 1 aliphatic rings. The average molecular weight is 409 g/mol. The molecule has 6 nitrogen and oxygen atoms in total. The SMILES string of the molecule is CC(C)n1nccc1NC(=O)[C@H](C)N1CCN(c2cccc(C(F)(F)F)c2)CC1. The summed E-state index contributed by atoms with van der Waals surface area (Å²) in [6, 6.07) is 6.91. The molecule has 0 spiro atoms. The molecule has 0 aliphatic carbocycles. The second kappa shape index (κ2) is 8.44. The molecule has 9 heteroatoms. The van der Waals surface area contributed by atoms with Crippen molar-refractivity contribution in [1.82, 2.24) is 14.7 Å². The molecule has 2 aromatic rings. The standard InChI is InChI=1S/C20H26F3N5O/c1-14(2)28-18(7-8-24-28)25-19(29)15(3)26-9-11-27(12-10-26)17-6-4-5-16(13-17)20(21,22)23/h4-8,13-15H,9-12H2,1-3H3,(H,25,29)/t15-/m0/s1. The first-order valence-corrected chi connectivity index (χ1v) is 9.67. The Morgan fingerprint density at radius 2 is 1.79 bits per heavy atom. The summed E-state index contributed by atoms with van der Waals surface area (Å²) in [7, 11) is 0. The Hall–Kier alpha value is -2.55. The number of hydrogen-bond donors (Lipinski definition) is 1. The number of amides is 1. The minimum atomic E-state index is -4.35. The van der Waals surface area contributed by atoms with Gasteiger partial charge in [-0.05, 0) is 39.0 Å². The van der Waals surface area contributed by atoms with Crippen molar-refractivity contribution in [2.45, 2.75) is 39.0 Å². The van der Waals surface area contributed by atoms with E-state index >= 15 is 0 Å². The zero-order chi connectivity index (χ0) is 21.2. The van der Waals surface area contributed by atoms with Gasteiger partial charge in [-0.2, -0.15) is 18.3 Å². The molecule has 1 aliphatic heterocycles. The van der Waals surface area contributed by atoms with Crippen LogP contribution < -0.4 is 10.2 Å². The van der Waals surface area contributed by atoms with Gasteiger partial charge in [0.25, 0.3) is 0 Å². The summed E-state index contributed by atoms with van der Waals surface area (Å²) in [4.78, 5) is 16.6. The van der Waals surface area contributed by atoms with Crippen LogP contribution in [0.15, 0.2) is 36.5 Å². The summed E-state index contributed by atoms with van der Waals surface area (Å²) in [6.45, 7) is 8.11. The van der Waals surface area contributed by atoms with E-state index in [0.29, 0.717) is 37.7 Å². The normalized spacial score (nSPS) is 16.9. The minimum absolute atomic E-state index is 0.125. The summed E-state index contributed by atoms with van der Waals surface area (Å²) in [5.74, 6) is 0.527. The number of nitrogens with one attached hydrogen (secondary N) is 1. The second-order valence-corrected chi connectivity index (χ2v) is 7.49. The predicted molar refractivity (Wildman–Crippen MR) is 106 cm³/mol. The summed E-state index contributed by atoms with van der Waals surface area (Å²) < 4.78 is 40.6. The van der Waals surface area contributed by atoms with E-state index in [4.69, 9.17) is 0 Å². The van der Waals surface area contributed by atoms with Gasteiger partial charge < -0.3 is 10.2 Å². The molecule has 2 heterocycles. The quantitative estimate of drug-likeness (QED) is 0.820. The summed E-state index contributed by atoms with van der Waals surface area (Å²) in [6.07, 6.45) is -2.71. The largest absolute Gasteiger partial charge is 0.416 e. The lowest BCUT2D eigenvalue weighted by atomic mass is 10.1. The van der Waals surface area contributed by atoms with Gasteiger partial charge >= 0.3 is 6.18 Å². The van der Waals surface area contributed by atoms with Crippen LogP contribution in [0.5, 0.6) is 0 Å². The molecule has 1 fully saturated rings. The third-order valence-corrected chi connectivity index (χ3v) is 5.19. The van der Waals surface area contributed by atoms with Crippen molar-refractivity contribution in [2.75, 3.05) is 36.4 Å². The van der Waals surface area contributed by atoms with E-state index in [1.165, 1.54) is 12.1 Å². The number of hydrogen-bond acceptors (Lipinski definition) is 4. The Morgan fingerprint density at radius 3 is 2.41 bits per heavy atom. The molecule has 0 unspecified atom stereocenters. The van der Waals surface area contributed by atoms with Gasteiger partial charge in [0.05, 0.1) is 17.8 Å². The van der Waals surface area contributed by atoms with Crippen LogP contribution in [0, 0.1) is 0 Å². The summed E-state index contributed by atoms with van der Waals surface area (Å²) >= 11 is 0. The highest BCUT2D eigenvalue weighted by Crippen LogP contribution is 2.32. The topological polar surface area (TPSA) is 53.4 Å². The van der Waals surface area contributed by atoms with Crippen molar-refractivity contribution in [3.05, 3.63) is 42.1 Å². The highest BCUT2D eigenvalue weighted by atomic mass is 19.4. The van der Waals surface area contributed by atoms with E-state index < -0.39 is 11.7 Å². The van der Waals surface area contributed by atoms with E-state index in [0.717, 1.165) is 6.07 Å². The van der Waals surface area contributed by atoms with E-state index in [-0.39, 0.29) is 18.0 Å². The number of carbonyl (C=O) groups is 1. The summed E-state index contributed by atoms with van der Waals surface area (Å²) in [5, 5.41) is 7.13. The number of benzene rings is 1. The fourth-order valence-electron chi connectivity index (χ4n) is 3.47. The minimum Gasteiger partial charge on any atom is -0.369 e. The number of piperazine rings is 1. The van der Waals surface area contributed by atoms with Gasteiger partial charge in [0.1, 0.15) is 5.82 Å². The molecule has 29 heavy (non-hydrogen) atoms. The van der Waals surface area contributed by atoms with E-state index in [9.17, 15) is 18.0 Å². The number of rotatable bonds is 5. The molecular formula is C20H26F3N5O. The van der Waals surface area contributed by atoms with Gasteiger partial charge in [-0.25, -0.2) is 4.68 Å². The maximum Gasteiger partial charge on any atom is 0.416 e. The number of anilines is 2. The Kier molecular flexibility index (Phi) is 6.16. The zero-order valence-electron chi connectivity index (χ0n) is 16.8. The second-order valence-electron chi connectivity index (χ2n) is 7.49. The Balaban J connectivity index is 1.59. The van der Waals surface area contributed by atoms with Crippen LogP contribution in [-0.2, 0) is 11.0 Å².